The standard InChI is InChI=1S/C21H18N4O4/c26-18-10-29-17-5-4-11(6-16(17)23-18)9-22-21(28)19-24-15-8-13-3-1-2-12(13)7-14(15)20(27)25-19/h4-8H,1-3,9-10H2,(H,22,28)(H,23,26)(H,24,25,27). The summed E-state index contributed by atoms with van der Waals surface area (Å²) >= 11 is 0. The zero-order valence-electron chi connectivity index (χ0n) is 15.5. The molecule has 5 rings (SSSR count). The molecule has 1 aromatic heterocycles. The fraction of sp³-hybridized carbons (Fsp3) is 0.238. The van der Waals surface area contributed by atoms with Crippen LogP contribution in [0.5, 0.6) is 5.75 Å². The van der Waals surface area contributed by atoms with Crippen molar-refractivity contribution >= 4 is 28.4 Å². The number of ether oxygens (including phenoxy) is 1. The van der Waals surface area contributed by atoms with Crippen LogP contribution in [0, 0.1) is 0 Å². The lowest BCUT2D eigenvalue weighted by molar-refractivity contribution is -0.118. The van der Waals surface area contributed by atoms with Gasteiger partial charge in [-0.3, -0.25) is 14.4 Å². The van der Waals surface area contributed by atoms with Crippen LogP contribution in [-0.2, 0) is 24.2 Å². The summed E-state index contributed by atoms with van der Waals surface area (Å²) < 4.78 is 5.32. The number of amides is 2. The van der Waals surface area contributed by atoms with Gasteiger partial charge in [0.15, 0.2) is 12.4 Å². The number of carbonyl (C=O) groups excluding carboxylic acids is 2. The van der Waals surface area contributed by atoms with Crippen molar-refractivity contribution in [2.45, 2.75) is 25.8 Å². The van der Waals surface area contributed by atoms with Gasteiger partial charge in [-0.25, -0.2) is 4.98 Å². The monoisotopic (exact) mass is 390 g/mol. The van der Waals surface area contributed by atoms with Crippen molar-refractivity contribution in [1.29, 1.82) is 0 Å². The van der Waals surface area contributed by atoms with E-state index in [0.717, 1.165) is 24.8 Å². The quantitative estimate of drug-likeness (QED) is 0.630. The topological polar surface area (TPSA) is 113 Å². The Kier molecular flexibility index (Phi) is 4.04. The molecule has 0 saturated heterocycles. The van der Waals surface area contributed by atoms with Crippen LogP contribution in [0.2, 0.25) is 0 Å². The van der Waals surface area contributed by atoms with E-state index >= 15 is 0 Å². The largest absolute Gasteiger partial charge is 0.482 e. The Hall–Kier alpha value is -3.68. The summed E-state index contributed by atoms with van der Waals surface area (Å²) in [5, 5.41) is 5.99. The molecule has 0 spiro atoms. The van der Waals surface area contributed by atoms with Crippen molar-refractivity contribution in [1.82, 2.24) is 15.3 Å². The molecular weight excluding hydrogens is 372 g/mol. The van der Waals surface area contributed by atoms with Crippen molar-refractivity contribution in [3.8, 4) is 5.75 Å². The van der Waals surface area contributed by atoms with E-state index in [-0.39, 0.29) is 30.4 Å². The molecule has 146 valence electrons. The van der Waals surface area contributed by atoms with Crippen LogP contribution in [0.3, 0.4) is 0 Å². The summed E-state index contributed by atoms with van der Waals surface area (Å²) in [5.74, 6) is -0.117. The van der Waals surface area contributed by atoms with E-state index in [4.69, 9.17) is 4.74 Å². The maximum Gasteiger partial charge on any atom is 0.287 e. The van der Waals surface area contributed by atoms with Crippen molar-refractivity contribution in [2.24, 2.45) is 0 Å². The minimum absolute atomic E-state index is 0.00666. The zero-order chi connectivity index (χ0) is 20.0. The molecule has 1 aliphatic heterocycles. The molecule has 2 heterocycles. The van der Waals surface area contributed by atoms with Gasteiger partial charge in [0.2, 0.25) is 0 Å². The van der Waals surface area contributed by atoms with Gasteiger partial charge in [0, 0.05) is 6.54 Å². The van der Waals surface area contributed by atoms with Crippen LogP contribution in [0.15, 0.2) is 35.1 Å². The Morgan fingerprint density at radius 2 is 1.97 bits per heavy atom. The zero-order valence-corrected chi connectivity index (χ0v) is 15.5. The number of rotatable bonds is 3. The lowest BCUT2D eigenvalue weighted by atomic mass is 10.1. The van der Waals surface area contributed by atoms with E-state index in [1.165, 1.54) is 11.1 Å². The molecule has 0 unspecified atom stereocenters. The molecule has 2 amide bonds. The molecular formula is C21H18N4O4. The van der Waals surface area contributed by atoms with Crippen molar-refractivity contribution in [3.63, 3.8) is 0 Å². The lowest BCUT2D eigenvalue weighted by Crippen LogP contribution is -2.28. The highest BCUT2D eigenvalue weighted by molar-refractivity contribution is 5.95. The molecule has 8 heteroatoms. The van der Waals surface area contributed by atoms with Gasteiger partial charge in [-0.2, -0.15) is 0 Å². The number of aryl methyl sites for hydroxylation is 2. The number of anilines is 1. The molecule has 0 atom stereocenters. The molecule has 29 heavy (non-hydrogen) atoms. The third-order valence-electron chi connectivity index (χ3n) is 5.26. The summed E-state index contributed by atoms with van der Waals surface area (Å²) in [7, 11) is 0. The number of H-pyrrole nitrogens is 1. The first-order valence-corrected chi connectivity index (χ1v) is 9.46. The molecule has 0 saturated carbocycles. The van der Waals surface area contributed by atoms with E-state index < -0.39 is 5.91 Å². The van der Waals surface area contributed by atoms with Crippen LogP contribution in [0.1, 0.15) is 33.7 Å². The van der Waals surface area contributed by atoms with E-state index in [1.54, 1.807) is 18.2 Å². The minimum Gasteiger partial charge on any atom is -0.482 e. The van der Waals surface area contributed by atoms with Gasteiger partial charge in [0.25, 0.3) is 17.4 Å². The average molecular weight is 390 g/mol. The van der Waals surface area contributed by atoms with Crippen LogP contribution in [0.25, 0.3) is 10.9 Å². The van der Waals surface area contributed by atoms with E-state index in [9.17, 15) is 14.4 Å². The first kappa shape index (κ1) is 17.4. The second-order valence-electron chi connectivity index (χ2n) is 7.26. The number of nitrogens with zero attached hydrogens (tertiary/aromatic N) is 1. The van der Waals surface area contributed by atoms with Gasteiger partial charge in [-0.1, -0.05) is 6.07 Å². The number of nitrogens with one attached hydrogen (secondary N) is 3. The highest BCUT2D eigenvalue weighted by Gasteiger charge is 2.18. The summed E-state index contributed by atoms with van der Waals surface area (Å²) in [5.41, 5.74) is 3.95. The molecule has 2 aliphatic rings. The Labute approximate surface area is 165 Å². The molecule has 0 fully saturated rings. The Balaban J connectivity index is 1.36. The summed E-state index contributed by atoms with van der Waals surface area (Å²) in [6.45, 7) is 0.210. The molecule has 3 N–H and O–H groups in total. The van der Waals surface area contributed by atoms with E-state index in [0.29, 0.717) is 22.3 Å². The maximum absolute atomic E-state index is 12.6. The fourth-order valence-electron chi connectivity index (χ4n) is 3.82. The molecule has 3 aromatic rings. The molecule has 8 nitrogen and oxygen atoms in total. The van der Waals surface area contributed by atoms with Gasteiger partial charge >= 0.3 is 0 Å². The third-order valence-corrected chi connectivity index (χ3v) is 5.26. The van der Waals surface area contributed by atoms with Crippen molar-refractivity contribution in [2.75, 3.05) is 11.9 Å². The van der Waals surface area contributed by atoms with E-state index in [2.05, 4.69) is 20.6 Å². The van der Waals surface area contributed by atoms with Crippen LogP contribution in [0.4, 0.5) is 5.69 Å². The first-order chi connectivity index (χ1) is 14.1. The van der Waals surface area contributed by atoms with Gasteiger partial charge in [-0.15, -0.1) is 0 Å². The Morgan fingerprint density at radius 1 is 1.14 bits per heavy atom. The Bertz CT molecular complexity index is 1230. The highest BCUT2D eigenvalue weighted by Crippen LogP contribution is 2.28. The van der Waals surface area contributed by atoms with Gasteiger partial charge in [-0.05, 0) is 60.2 Å². The third kappa shape index (κ3) is 3.22. The second-order valence-corrected chi connectivity index (χ2v) is 7.26. The lowest BCUT2D eigenvalue weighted by Gasteiger charge is -2.18. The number of aromatic amines is 1. The smallest absolute Gasteiger partial charge is 0.287 e. The Morgan fingerprint density at radius 3 is 2.83 bits per heavy atom. The number of benzene rings is 2. The summed E-state index contributed by atoms with van der Waals surface area (Å²) in [4.78, 5) is 43.4. The van der Waals surface area contributed by atoms with Gasteiger partial charge < -0.3 is 20.4 Å². The predicted octanol–water partition coefficient (Wildman–Crippen LogP) is 1.67. The SMILES string of the molecule is O=C1COc2ccc(CNC(=O)c3nc4cc5c(cc4c(=O)[nH]3)CCC5)cc2N1. The molecule has 2 aromatic carbocycles. The van der Waals surface area contributed by atoms with Crippen molar-refractivity contribution in [3.05, 3.63) is 63.2 Å². The number of hydrogen-bond donors (Lipinski definition) is 3. The summed E-state index contributed by atoms with van der Waals surface area (Å²) in [6, 6.07) is 9.08. The molecule has 0 bridgehead atoms. The summed E-state index contributed by atoms with van der Waals surface area (Å²) in [6.07, 6.45) is 3.02. The number of fused-ring (bicyclic) bond motifs is 3. The van der Waals surface area contributed by atoms with Gasteiger partial charge in [0.05, 0.1) is 16.6 Å². The number of aromatic nitrogens is 2. The van der Waals surface area contributed by atoms with Gasteiger partial charge in [0.1, 0.15) is 5.75 Å². The fourth-order valence-corrected chi connectivity index (χ4v) is 3.82. The maximum atomic E-state index is 12.6. The molecule has 1 aliphatic carbocycles. The van der Waals surface area contributed by atoms with Crippen LogP contribution >= 0.6 is 0 Å². The van der Waals surface area contributed by atoms with Crippen LogP contribution < -0.4 is 20.9 Å². The van der Waals surface area contributed by atoms with Crippen molar-refractivity contribution < 1.29 is 14.3 Å². The first-order valence-electron chi connectivity index (χ1n) is 9.46. The predicted molar refractivity (Wildman–Crippen MR) is 106 cm³/mol. The second kappa shape index (κ2) is 6.73. The minimum atomic E-state index is -0.470. The normalized spacial score (nSPS) is 14.7. The molecule has 0 radical (unpaired) electrons. The van der Waals surface area contributed by atoms with Crippen LogP contribution in [-0.4, -0.2) is 28.4 Å². The van der Waals surface area contributed by atoms with E-state index in [1.807, 2.05) is 12.1 Å². The number of hydrogen-bond acceptors (Lipinski definition) is 5. The number of carbonyl (C=O) groups is 2. The highest BCUT2D eigenvalue weighted by atomic mass is 16.5. The average Bonchev–Trinajstić information content (AvgIpc) is 3.17.